The second-order valence-corrected chi connectivity index (χ2v) is 16.5. The Morgan fingerprint density at radius 1 is 0.944 bits per heavy atom. The lowest BCUT2D eigenvalue weighted by Crippen LogP contribution is -2.58. The highest BCUT2D eigenvalue weighted by Gasteiger charge is 2.52. The Hall–Kier alpha value is -4.61. The molecule has 54 heavy (non-hydrogen) atoms. The number of Topliss-reactive ketones (excluding diaryl/α,β-unsaturated/α-hetero) is 4. The van der Waals surface area contributed by atoms with Gasteiger partial charge in [0, 0.05) is 50.0 Å². The number of carbonyl (C=O) groups is 7. The highest BCUT2D eigenvalue weighted by Crippen LogP contribution is 2.44. The van der Waals surface area contributed by atoms with Gasteiger partial charge in [-0.3, -0.25) is 38.5 Å². The van der Waals surface area contributed by atoms with Crippen LogP contribution in [-0.4, -0.2) is 79.5 Å². The monoisotopic (exact) mass is 744 g/mol. The van der Waals surface area contributed by atoms with Gasteiger partial charge in [0.1, 0.15) is 11.7 Å². The van der Waals surface area contributed by atoms with E-state index in [4.69, 9.17) is 0 Å². The normalized spacial score (nSPS) is 20.4. The van der Waals surface area contributed by atoms with E-state index >= 15 is 0 Å². The number of amides is 2. The van der Waals surface area contributed by atoms with Gasteiger partial charge in [-0.1, -0.05) is 84.7 Å². The van der Waals surface area contributed by atoms with Crippen molar-refractivity contribution in [3.8, 4) is 0 Å². The van der Waals surface area contributed by atoms with Gasteiger partial charge in [0.25, 0.3) is 0 Å². The Kier molecular flexibility index (Phi) is 14.5. The maximum Gasteiger partial charge on any atom is 0.307 e. The van der Waals surface area contributed by atoms with Crippen LogP contribution in [0.3, 0.4) is 0 Å². The first-order chi connectivity index (χ1) is 25.5. The predicted octanol–water partition coefficient (Wildman–Crippen LogP) is 5.33. The van der Waals surface area contributed by atoms with Crippen LogP contribution < -0.4 is 5.32 Å². The number of carboxylic acids is 1. The molecule has 1 aromatic carbocycles. The quantitative estimate of drug-likeness (QED) is 0.141. The van der Waals surface area contributed by atoms with Gasteiger partial charge in [0.15, 0.2) is 17.3 Å². The molecule has 292 valence electrons. The lowest BCUT2D eigenvalue weighted by Gasteiger charge is -2.37. The van der Waals surface area contributed by atoms with Crippen LogP contribution in [0.25, 0.3) is 0 Å². The van der Waals surface area contributed by atoms with E-state index in [2.05, 4.69) is 15.3 Å². The number of carbonyl (C=O) groups excluding carboxylic acids is 6. The van der Waals surface area contributed by atoms with Gasteiger partial charge in [-0.2, -0.15) is 0 Å². The zero-order valence-corrected chi connectivity index (χ0v) is 32.5. The Morgan fingerprint density at radius 3 is 2.24 bits per heavy atom. The minimum absolute atomic E-state index is 0.0866. The molecule has 2 aromatic rings. The number of nitrogens with zero attached hydrogens (tertiary/aromatic N) is 3. The van der Waals surface area contributed by atoms with Crippen molar-refractivity contribution in [3.63, 3.8) is 0 Å². The topological polar surface area (TPSA) is 181 Å². The summed E-state index contributed by atoms with van der Waals surface area (Å²) in [6.07, 6.45) is 6.78. The average molecular weight is 745 g/mol. The molecule has 0 radical (unpaired) electrons. The maximum atomic E-state index is 14.6. The molecule has 1 aliphatic carbocycles. The molecular formula is C42H56N4O8. The molecule has 7 atom stereocenters. The number of nitrogens with one attached hydrogen (secondary N) is 1. The minimum Gasteiger partial charge on any atom is -0.481 e. The number of rotatable bonds is 19. The van der Waals surface area contributed by atoms with Crippen LogP contribution >= 0.6 is 0 Å². The molecule has 2 unspecified atom stereocenters. The molecule has 12 heteroatoms. The zero-order chi connectivity index (χ0) is 39.7. The zero-order valence-electron chi connectivity index (χ0n) is 32.5. The van der Waals surface area contributed by atoms with E-state index in [1.165, 1.54) is 18.6 Å². The first kappa shape index (κ1) is 42.1. The summed E-state index contributed by atoms with van der Waals surface area (Å²) >= 11 is 0. The summed E-state index contributed by atoms with van der Waals surface area (Å²) in [4.78, 5) is 104. The number of carboxylic acid groups (broad SMARTS) is 1. The van der Waals surface area contributed by atoms with Crippen LogP contribution in [0.2, 0.25) is 0 Å². The molecule has 1 aliphatic heterocycles. The van der Waals surface area contributed by atoms with E-state index < -0.39 is 71.0 Å². The van der Waals surface area contributed by atoms with Gasteiger partial charge in [0.2, 0.25) is 17.6 Å². The number of likely N-dealkylation sites (tertiary alicyclic amines) is 1. The number of fused-ring (bicyclic) bond motifs is 1. The molecular weight excluding hydrogens is 688 g/mol. The third kappa shape index (κ3) is 10.5. The van der Waals surface area contributed by atoms with Gasteiger partial charge < -0.3 is 15.3 Å². The fraction of sp³-hybridized carbons (Fsp3) is 0.595. The van der Waals surface area contributed by atoms with Crippen molar-refractivity contribution in [1.82, 2.24) is 20.2 Å². The van der Waals surface area contributed by atoms with Crippen molar-refractivity contribution in [2.75, 3.05) is 6.54 Å². The van der Waals surface area contributed by atoms with E-state index in [-0.39, 0.29) is 60.7 Å². The maximum absolute atomic E-state index is 14.6. The van der Waals surface area contributed by atoms with E-state index in [0.717, 1.165) is 24.8 Å². The molecule has 0 spiro atoms. The van der Waals surface area contributed by atoms with Crippen molar-refractivity contribution in [1.29, 1.82) is 0 Å². The highest BCUT2D eigenvalue weighted by atomic mass is 16.4. The summed E-state index contributed by atoms with van der Waals surface area (Å²) in [5.74, 6) is -7.25. The first-order valence-corrected chi connectivity index (χ1v) is 19.3. The van der Waals surface area contributed by atoms with Gasteiger partial charge in [-0.05, 0) is 54.4 Å². The number of ketones is 4. The predicted molar refractivity (Wildman–Crippen MR) is 201 cm³/mol. The molecule has 2 fully saturated rings. The van der Waals surface area contributed by atoms with E-state index in [0.29, 0.717) is 13.0 Å². The molecule has 1 aromatic heterocycles. The van der Waals surface area contributed by atoms with Crippen molar-refractivity contribution in [3.05, 3.63) is 60.2 Å². The Balaban J connectivity index is 1.52. The van der Waals surface area contributed by atoms with Crippen LogP contribution in [0, 0.1) is 40.9 Å². The summed E-state index contributed by atoms with van der Waals surface area (Å²) < 4.78 is 0. The fourth-order valence-electron chi connectivity index (χ4n) is 8.12. The number of benzene rings is 1. The second kappa shape index (κ2) is 18.6. The fourth-order valence-corrected chi connectivity index (χ4v) is 8.12. The summed E-state index contributed by atoms with van der Waals surface area (Å²) in [7, 11) is 0. The number of aromatic nitrogens is 2. The van der Waals surface area contributed by atoms with Crippen LogP contribution in [0.1, 0.15) is 109 Å². The first-order valence-electron chi connectivity index (χ1n) is 19.3. The number of hydrogen-bond donors (Lipinski definition) is 2. The average Bonchev–Trinajstić information content (AvgIpc) is 3.73. The third-order valence-corrected chi connectivity index (χ3v) is 11.1. The molecule has 2 amide bonds. The Labute approximate surface area is 318 Å². The smallest absolute Gasteiger partial charge is 0.307 e. The molecule has 2 heterocycles. The molecule has 2 N–H and O–H groups in total. The van der Waals surface area contributed by atoms with Gasteiger partial charge in [-0.25, -0.2) is 4.98 Å². The molecule has 2 aliphatic rings. The highest BCUT2D eigenvalue weighted by molar-refractivity contribution is 6.38. The summed E-state index contributed by atoms with van der Waals surface area (Å²) in [5.41, 5.74) is 0.129. The van der Waals surface area contributed by atoms with Crippen molar-refractivity contribution >= 4 is 40.9 Å². The molecule has 12 nitrogen and oxygen atoms in total. The van der Waals surface area contributed by atoms with E-state index in [1.807, 2.05) is 47.6 Å². The molecule has 1 saturated carbocycles. The number of aliphatic carboxylic acids is 1. The van der Waals surface area contributed by atoms with Gasteiger partial charge >= 0.3 is 5.97 Å². The third-order valence-electron chi connectivity index (χ3n) is 11.1. The van der Waals surface area contributed by atoms with Gasteiger partial charge in [0.05, 0.1) is 18.2 Å². The SMILES string of the molecule is CCCC(CC(=O)[C@@H]1[C@H]2CCC[C@H]2CN1C(=O)[C@@H](NC(=O)[C@H](CC(=O)c1cnccn1)C(C)C)C(C)(C)C)C(=O)C(=O)CC(Cc1ccccc1)C(=O)O. The summed E-state index contributed by atoms with van der Waals surface area (Å²) in [5, 5.41) is 12.8. The second-order valence-electron chi connectivity index (χ2n) is 16.5. The molecule has 0 bridgehead atoms. The largest absolute Gasteiger partial charge is 0.481 e. The molecule has 4 rings (SSSR count). The summed E-state index contributed by atoms with van der Waals surface area (Å²) in [6, 6.07) is 7.07. The van der Waals surface area contributed by atoms with E-state index in [9.17, 15) is 38.7 Å². The summed E-state index contributed by atoms with van der Waals surface area (Å²) in [6.45, 7) is 11.4. The van der Waals surface area contributed by atoms with Gasteiger partial charge in [-0.15, -0.1) is 0 Å². The van der Waals surface area contributed by atoms with Crippen molar-refractivity contribution in [2.24, 2.45) is 40.9 Å². The van der Waals surface area contributed by atoms with Crippen LogP contribution in [-0.2, 0) is 35.2 Å². The van der Waals surface area contributed by atoms with E-state index in [1.54, 1.807) is 29.2 Å². The lowest BCUT2D eigenvalue weighted by atomic mass is 9.82. The van der Waals surface area contributed by atoms with Crippen molar-refractivity contribution < 1.29 is 38.7 Å². The Bertz CT molecular complexity index is 1670. The minimum atomic E-state index is -1.17. The lowest BCUT2D eigenvalue weighted by molar-refractivity contribution is -0.147. The van der Waals surface area contributed by atoms with Crippen molar-refractivity contribution in [2.45, 2.75) is 111 Å². The van der Waals surface area contributed by atoms with Crippen LogP contribution in [0.15, 0.2) is 48.9 Å². The van der Waals surface area contributed by atoms with Crippen LogP contribution in [0.5, 0.6) is 0 Å². The Morgan fingerprint density at radius 2 is 1.65 bits per heavy atom. The molecule has 1 saturated heterocycles. The standard InChI is InChI=1S/C42H56N4O8/c1-7-12-27(37(50)35(49)21-29(41(53)54)19-26-13-9-8-10-14-26)20-34(48)36-30-16-11-15-28(30)24-46(36)40(52)38(42(4,5)6)45-39(51)31(25(2)3)22-33(47)32-23-43-17-18-44-32/h8-10,13-14,17-18,23,25,27-31,36,38H,7,11-12,15-16,19-22,24H2,1-6H3,(H,45,51)(H,53,54)/t27?,28-,29?,30-,31+,36-,38+/m0/s1. The number of hydrogen-bond acceptors (Lipinski definition) is 9. The van der Waals surface area contributed by atoms with Crippen LogP contribution in [0.4, 0.5) is 0 Å².